The second kappa shape index (κ2) is 5.02. The molecule has 0 saturated heterocycles. The predicted molar refractivity (Wildman–Crippen MR) is 81.3 cm³/mol. The molecule has 3 rings (SSSR count). The smallest absolute Gasteiger partial charge is 0.255 e. The molecule has 20 heavy (non-hydrogen) atoms. The molecule has 5 heteroatoms. The molecule has 0 spiro atoms. The number of hydrogen-bond acceptors (Lipinski definition) is 4. The Hall–Kier alpha value is -2.27. The minimum Gasteiger partial charge on any atom is -0.322 e. The van der Waals surface area contributed by atoms with Crippen molar-refractivity contribution < 1.29 is 4.79 Å². The Labute approximate surface area is 120 Å². The fourth-order valence-corrected chi connectivity index (χ4v) is 2.69. The second-order valence-corrected chi connectivity index (χ2v) is 5.33. The molecule has 1 N–H and O–H groups in total. The first kappa shape index (κ1) is 12.7. The molecule has 0 unspecified atom stereocenters. The van der Waals surface area contributed by atoms with Crippen LogP contribution in [0.5, 0.6) is 0 Å². The van der Waals surface area contributed by atoms with Crippen molar-refractivity contribution in [2.75, 3.05) is 5.32 Å². The molecule has 1 aromatic heterocycles. The first-order valence-corrected chi connectivity index (χ1v) is 6.97. The highest BCUT2D eigenvalue weighted by molar-refractivity contribution is 7.00. The molecule has 0 atom stereocenters. The van der Waals surface area contributed by atoms with Gasteiger partial charge < -0.3 is 5.32 Å². The third-order valence-corrected chi connectivity index (χ3v) is 3.55. The Morgan fingerprint density at radius 3 is 2.45 bits per heavy atom. The van der Waals surface area contributed by atoms with Gasteiger partial charge in [-0.25, -0.2) is 0 Å². The number of aryl methyl sites for hydroxylation is 2. The average molecular weight is 283 g/mol. The van der Waals surface area contributed by atoms with Gasteiger partial charge in [-0.2, -0.15) is 8.75 Å². The lowest BCUT2D eigenvalue weighted by atomic mass is 10.1. The van der Waals surface area contributed by atoms with Gasteiger partial charge in [0.2, 0.25) is 0 Å². The molecule has 1 amide bonds. The number of hydrogen-bond donors (Lipinski definition) is 1. The highest BCUT2D eigenvalue weighted by Crippen LogP contribution is 2.17. The van der Waals surface area contributed by atoms with Crippen molar-refractivity contribution in [1.82, 2.24) is 8.75 Å². The van der Waals surface area contributed by atoms with Crippen molar-refractivity contribution in [2.24, 2.45) is 0 Å². The van der Waals surface area contributed by atoms with Crippen LogP contribution in [0.2, 0.25) is 0 Å². The van der Waals surface area contributed by atoms with E-state index in [9.17, 15) is 4.79 Å². The van der Waals surface area contributed by atoms with Gasteiger partial charge in [0, 0.05) is 11.3 Å². The Kier molecular flexibility index (Phi) is 3.20. The predicted octanol–water partition coefficient (Wildman–Crippen LogP) is 3.56. The second-order valence-electron chi connectivity index (χ2n) is 4.80. The van der Waals surface area contributed by atoms with Crippen LogP contribution in [-0.4, -0.2) is 14.7 Å². The number of benzene rings is 2. The van der Waals surface area contributed by atoms with Crippen LogP contribution in [0.1, 0.15) is 21.5 Å². The average Bonchev–Trinajstić information content (AvgIpc) is 2.84. The first-order chi connectivity index (χ1) is 9.61. The summed E-state index contributed by atoms with van der Waals surface area (Å²) in [5.74, 6) is -0.134. The highest BCUT2D eigenvalue weighted by atomic mass is 32.1. The van der Waals surface area contributed by atoms with Gasteiger partial charge in [-0.3, -0.25) is 4.79 Å². The molecule has 0 radical (unpaired) electrons. The SMILES string of the molecule is Cc1cc(C)cc(NC(=O)c2ccc3nsnc3c2)c1. The monoisotopic (exact) mass is 283 g/mol. The molecule has 1 heterocycles. The van der Waals surface area contributed by atoms with Crippen LogP contribution in [-0.2, 0) is 0 Å². The van der Waals surface area contributed by atoms with E-state index >= 15 is 0 Å². The van der Waals surface area contributed by atoms with E-state index in [4.69, 9.17) is 0 Å². The quantitative estimate of drug-likeness (QED) is 0.782. The summed E-state index contributed by atoms with van der Waals surface area (Å²) >= 11 is 1.15. The number of anilines is 1. The van der Waals surface area contributed by atoms with Gasteiger partial charge in [-0.15, -0.1) is 0 Å². The topological polar surface area (TPSA) is 54.9 Å². The third-order valence-electron chi connectivity index (χ3n) is 3.00. The number of aromatic nitrogens is 2. The molecule has 0 bridgehead atoms. The van der Waals surface area contributed by atoms with Gasteiger partial charge >= 0.3 is 0 Å². The van der Waals surface area contributed by atoms with E-state index in [1.54, 1.807) is 12.1 Å². The number of nitrogens with one attached hydrogen (secondary N) is 1. The molecule has 0 aliphatic heterocycles. The lowest BCUT2D eigenvalue weighted by molar-refractivity contribution is 0.102. The number of rotatable bonds is 2. The maximum atomic E-state index is 12.2. The number of fused-ring (bicyclic) bond motifs is 1. The lowest BCUT2D eigenvalue weighted by Gasteiger charge is -2.07. The Morgan fingerprint density at radius 1 is 1.00 bits per heavy atom. The Morgan fingerprint density at radius 2 is 1.70 bits per heavy atom. The van der Waals surface area contributed by atoms with Gasteiger partial charge in [0.05, 0.1) is 11.7 Å². The Bertz CT molecular complexity index is 774. The maximum Gasteiger partial charge on any atom is 0.255 e. The van der Waals surface area contributed by atoms with Crippen LogP contribution >= 0.6 is 11.7 Å². The van der Waals surface area contributed by atoms with Crippen molar-refractivity contribution >= 4 is 34.4 Å². The molecule has 4 nitrogen and oxygen atoms in total. The summed E-state index contributed by atoms with van der Waals surface area (Å²) in [4.78, 5) is 12.2. The normalized spacial score (nSPS) is 10.7. The number of carbonyl (C=O) groups is 1. The fourth-order valence-electron chi connectivity index (χ4n) is 2.17. The molecular weight excluding hydrogens is 270 g/mol. The molecule has 3 aromatic rings. The molecule has 0 aliphatic rings. The molecule has 0 saturated carbocycles. The van der Waals surface area contributed by atoms with E-state index in [1.807, 2.05) is 32.0 Å². The van der Waals surface area contributed by atoms with Crippen LogP contribution in [0.4, 0.5) is 5.69 Å². The van der Waals surface area contributed by atoms with E-state index in [1.165, 1.54) is 0 Å². The summed E-state index contributed by atoms with van der Waals surface area (Å²) in [5.41, 5.74) is 5.22. The molecule has 0 aliphatic carbocycles. The summed E-state index contributed by atoms with van der Waals surface area (Å²) in [6.45, 7) is 4.02. The van der Waals surface area contributed by atoms with Crippen LogP contribution in [0.25, 0.3) is 11.0 Å². The van der Waals surface area contributed by atoms with E-state index in [0.717, 1.165) is 39.6 Å². The van der Waals surface area contributed by atoms with Gasteiger partial charge in [-0.05, 0) is 55.3 Å². The number of carbonyl (C=O) groups excluding carboxylic acids is 1. The van der Waals surface area contributed by atoms with Crippen LogP contribution in [0.15, 0.2) is 36.4 Å². The minimum atomic E-state index is -0.134. The van der Waals surface area contributed by atoms with Crippen LogP contribution in [0.3, 0.4) is 0 Å². The first-order valence-electron chi connectivity index (χ1n) is 6.24. The summed E-state index contributed by atoms with van der Waals surface area (Å²) in [5, 5.41) is 2.91. The van der Waals surface area contributed by atoms with Gasteiger partial charge in [0.25, 0.3) is 5.91 Å². The maximum absolute atomic E-state index is 12.2. The lowest BCUT2D eigenvalue weighted by Crippen LogP contribution is -2.12. The fraction of sp³-hybridized carbons (Fsp3) is 0.133. The highest BCUT2D eigenvalue weighted by Gasteiger charge is 2.09. The minimum absolute atomic E-state index is 0.134. The number of nitrogens with zero attached hydrogens (tertiary/aromatic N) is 2. The zero-order valence-corrected chi connectivity index (χ0v) is 12.0. The summed E-state index contributed by atoms with van der Waals surface area (Å²) in [6.07, 6.45) is 0. The van der Waals surface area contributed by atoms with Crippen molar-refractivity contribution in [3.63, 3.8) is 0 Å². The standard InChI is InChI=1S/C15H13N3OS/c1-9-5-10(2)7-12(6-9)16-15(19)11-3-4-13-14(8-11)18-20-17-13/h3-8H,1-2H3,(H,16,19). The summed E-state index contributed by atoms with van der Waals surface area (Å²) in [6, 6.07) is 11.3. The van der Waals surface area contributed by atoms with E-state index in [0.29, 0.717) is 5.56 Å². The molecular formula is C15H13N3OS. The summed E-state index contributed by atoms with van der Waals surface area (Å²) < 4.78 is 8.27. The third kappa shape index (κ3) is 2.53. The van der Waals surface area contributed by atoms with E-state index in [2.05, 4.69) is 20.1 Å². The zero-order valence-electron chi connectivity index (χ0n) is 11.2. The van der Waals surface area contributed by atoms with Gasteiger partial charge in [-0.1, -0.05) is 6.07 Å². The van der Waals surface area contributed by atoms with Gasteiger partial charge in [0.1, 0.15) is 11.0 Å². The van der Waals surface area contributed by atoms with Gasteiger partial charge in [0.15, 0.2) is 0 Å². The van der Waals surface area contributed by atoms with E-state index in [-0.39, 0.29) is 5.91 Å². The largest absolute Gasteiger partial charge is 0.322 e. The number of amides is 1. The van der Waals surface area contributed by atoms with Crippen molar-refractivity contribution in [3.05, 3.63) is 53.1 Å². The Balaban J connectivity index is 1.88. The van der Waals surface area contributed by atoms with E-state index < -0.39 is 0 Å². The van der Waals surface area contributed by atoms with Crippen molar-refractivity contribution in [3.8, 4) is 0 Å². The summed E-state index contributed by atoms with van der Waals surface area (Å²) in [7, 11) is 0. The van der Waals surface area contributed by atoms with Crippen LogP contribution < -0.4 is 5.32 Å². The molecule has 0 fully saturated rings. The molecule has 2 aromatic carbocycles. The molecule has 100 valence electrons. The zero-order chi connectivity index (χ0) is 14.1. The van der Waals surface area contributed by atoms with Crippen LogP contribution in [0, 0.1) is 13.8 Å². The van der Waals surface area contributed by atoms with Crippen molar-refractivity contribution in [1.29, 1.82) is 0 Å². The van der Waals surface area contributed by atoms with Crippen molar-refractivity contribution in [2.45, 2.75) is 13.8 Å².